The van der Waals surface area contributed by atoms with E-state index in [1.54, 1.807) is 23.0 Å². The van der Waals surface area contributed by atoms with Gasteiger partial charge < -0.3 is 15.9 Å². The number of nitrogens with one attached hydrogen (secondary N) is 1. The van der Waals surface area contributed by atoms with E-state index >= 15 is 0 Å². The summed E-state index contributed by atoms with van der Waals surface area (Å²) in [7, 11) is 0. The fourth-order valence-electron chi connectivity index (χ4n) is 4.07. The molecule has 162 valence electrons. The Kier molecular flexibility index (Phi) is 5.86. The lowest BCUT2D eigenvalue weighted by atomic mass is 9.93. The topological polar surface area (TPSA) is 122 Å². The van der Waals surface area contributed by atoms with Crippen LogP contribution >= 0.6 is 0 Å². The summed E-state index contributed by atoms with van der Waals surface area (Å²) >= 11 is 0. The highest BCUT2D eigenvalue weighted by Crippen LogP contribution is 2.31. The monoisotopic (exact) mass is 425 g/mol. The number of hydrogen-bond acceptors (Lipinski definition) is 7. The summed E-state index contributed by atoms with van der Waals surface area (Å²) in [4.78, 5) is 19.6. The van der Waals surface area contributed by atoms with Gasteiger partial charge in [0.15, 0.2) is 5.82 Å². The summed E-state index contributed by atoms with van der Waals surface area (Å²) in [6.07, 6.45) is 3.10. The number of halogens is 1. The molecule has 1 unspecified atom stereocenters. The third-order valence-electron chi connectivity index (χ3n) is 5.61. The molecule has 3 atom stereocenters. The second-order valence-electron chi connectivity index (χ2n) is 7.98. The average molecular weight is 425 g/mol. The number of anilines is 2. The first-order valence-corrected chi connectivity index (χ1v) is 10.2. The molecule has 1 amide bonds. The number of carbonyl (C=O) groups excluding carboxylic acids is 1. The molecule has 3 N–H and O–H groups in total. The van der Waals surface area contributed by atoms with Gasteiger partial charge in [-0.05, 0) is 37.6 Å². The highest BCUT2D eigenvalue weighted by Gasteiger charge is 2.34. The van der Waals surface area contributed by atoms with E-state index in [4.69, 9.17) is 10.6 Å². The Labute approximate surface area is 179 Å². The molecule has 0 radical (unpaired) electrons. The number of hydrogen-bond donors (Lipinski definition) is 2. The Balaban J connectivity index is 1.48. The third kappa shape index (κ3) is 4.67. The molecule has 0 bridgehead atoms. The molecule has 2 aliphatic rings. The van der Waals surface area contributed by atoms with Crippen molar-refractivity contribution in [2.75, 3.05) is 25.0 Å². The van der Waals surface area contributed by atoms with Crippen molar-refractivity contribution in [3.8, 4) is 6.07 Å². The first-order valence-electron chi connectivity index (χ1n) is 10.2. The van der Waals surface area contributed by atoms with E-state index in [1.807, 2.05) is 6.92 Å². The lowest BCUT2D eigenvalue weighted by Gasteiger charge is -2.36. The zero-order valence-electron chi connectivity index (χ0n) is 17.2. The van der Waals surface area contributed by atoms with Crippen LogP contribution in [0.25, 0.3) is 0 Å². The number of nitrogens with two attached hydrogens (primary N) is 1. The molecule has 1 saturated heterocycles. The van der Waals surface area contributed by atoms with E-state index in [-0.39, 0.29) is 35.3 Å². The van der Waals surface area contributed by atoms with Crippen molar-refractivity contribution in [1.82, 2.24) is 14.7 Å². The van der Waals surface area contributed by atoms with Crippen molar-refractivity contribution in [3.63, 3.8) is 0 Å². The van der Waals surface area contributed by atoms with Crippen LogP contribution in [0.2, 0.25) is 0 Å². The van der Waals surface area contributed by atoms with Crippen LogP contribution < -0.4 is 11.1 Å². The Morgan fingerprint density at radius 2 is 2.19 bits per heavy atom. The molecule has 4 rings (SSSR count). The van der Waals surface area contributed by atoms with Crippen LogP contribution in [0.3, 0.4) is 0 Å². The number of primary amides is 1. The summed E-state index contributed by atoms with van der Waals surface area (Å²) in [5.74, 6) is -1.02. The fraction of sp³-hybridized carbons (Fsp3) is 0.429. The number of amides is 1. The van der Waals surface area contributed by atoms with Gasteiger partial charge >= 0.3 is 0 Å². The normalized spacial score (nSPS) is 23.6. The van der Waals surface area contributed by atoms with Crippen molar-refractivity contribution in [2.45, 2.75) is 31.9 Å². The van der Waals surface area contributed by atoms with E-state index in [1.165, 1.54) is 12.1 Å². The second-order valence-corrected chi connectivity index (χ2v) is 7.98. The van der Waals surface area contributed by atoms with Gasteiger partial charge in [-0.1, -0.05) is 5.16 Å². The SMILES string of the molecule is CC1=NOC(CN2CC[C@H](n3cc(C(N)=O)c(Nc4ccc(F)cc4)n3)[C@@H](C#N)C2)C1. The number of piperidine rings is 1. The number of carbonyl (C=O) groups is 1. The van der Waals surface area contributed by atoms with Crippen molar-refractivity contribution in [2.24, 2.45) is 16.8 Å². The van der Waals surface area contributed by atoms with E-state index in [0.29, 0.717) is 18.7 Å². The van der Waals surface area contributed by atoms with Gasteiger partial charge in [0.05, 0.1) is 23.7 Å². The van der Waals surface area contributed by atoms with Gasteiger partial charge in [-0.15, -0.1) is 0 Å². The zero-order valence-corrected chi connectivity index (χ0v) is 17.2. The number of nitriles is 1. The molecule has 31 heavy (non-hydrogen) atoms. The first kappa shape index (κ1) is 20.8. The van der Waals surface area contributed by atoms with Gasteiger partial charge in [0.2, 0.25) is 0 Å². The maximum absolute atomic E-state index is 13.2. The van der Waals surface area contributed by atoms with Gasteiger partial charge in [0, 0.05) is 37.9 Å². The number of likely N-dealkylation sites (tertiary alicyclic amines) is 1. The van der Waals surface area contributed by atoms with Gasteiger partial charge in [0.1, 0.15) is 17.5 Å². The molecule has 1 fully saturated rings. The molecule has 2 aliphatic heterocycles. The first-order chi connectivity index (χ1) is 14.9. The fourth-order valence-corrected chi connectivity index (χ4v) is 4.07. The maximum Gasteiger partial charge on any atom is 0.254 e. The lowest BCUT2D eigenvalue weighted by molar-refractivity contribution is 0.0351. The van der Waals surface area contributed by atoms with Crippen molar-refractivity contribution >= 4 is 23.1 Å². The van der Waals surface area contributed by atoms with Crippen molar-refractivity contribution in [1.29, 1.82) is 5.26 Å². The maximum atomic E-state index is 13.2. The Hall–Kier alpha value is -3.45. The van der Waals surface area contributed by atoms with Crippen LogP contribution in [0.15, 0.2) is 35.6 Å². The number of nitrogens with zero attached hydrogens (tertiary/aromatic N) is 5. The van der Waals surface area contributed by atoms with E-state index in [0.717, 1.165) is 25.2 Å². The Morgan fingerprint density at radius 1 is 1.42 bits per heavy atom. The zero-order chi connectivity index (χ0) is 22.0. The highest BCUT2D eigenvalue weighted by molar-refractivity contribution is 5.98. The molecule has 1 aromatic heterocycles. The lowest BCUT2D eigenvalue weighted by Crippen LogP contribution is -2.44. The average Bonchev–Trinajstić information content (AvgIpc) is 3.35. The summed E-state index contributed by atoms with van der Waals surface area (Å²) in [5.41, 5.74) is 7.31. The van der Waals surface area contributed by atoms with Crippen LogP contribution in [0.1, 0.15) is 36.2 Å². The van der Waals surface area contributed by atoms with Gasteiger partial charge in [-0.25, -0.2) is 4.39 Å². The van der Waals surface area contributed by atoms with Crippen LogP contribution in [0.4, 0.5) is 15.9 Å². The molecule has 0 saturated carbocycles. The van der Waals surface area contributed by atoms with Gasteiger partial charge in [0.25, 0.3) is 5.91 Å². The Bertz CT molecular complexity index is 1030. The summed E-state index contributed by atoms with van der Waals surface area (Å²) < 4.78 is 14.8. The van der Waals surface area contributed by atoms with E-state index in [9.17, 15) is 14.4 Å². The molecule has 2 aromatic rings. The second kappa shape index (κ2) is 8.73. The summed E-state index contributed by atoms with van der Waals surface area (Å²) in [6.45, 7) is 4.01. The third-order valence-corrected chi connectivity index (χ3v) is 5.61. The van der Waals surface area contributed by atoms with Crippen LogP contribution in [-0.2, 0) is 4.84 Å². The minimum absolute atomic E-state index is 0.0218. The van der Waals surface area contributed by atoms with Crippen LogP contribution in [0, 0.1) is 23.1 Å². The Morgan fingerprint density at radius 3 is 2.84 bits per heavy atom. The molecule has 0 spiro atoms. The summed E-state index contributed by atoms with van der Waals surface area (Å²) in [6, 6.07) is 7.91. The number of oxime groups is 1. The quantitative estimate of drug-likeness (QED) is 0.733. The number of benzene rings is 1. The predicted molar refractivity (Wildman–Crippen MR) is 112 cm³/mol. The molecular weight excluding hydrogens is 401 g/mol. The minimum atomic E-state index is -0.629. The van der Waals surface area contributed by atoms with Crippen LogP contribution in [0.5, 0.6) is 0 Å². The minimum Gasteiger partial charge on any atom is -0.391 e. The largest absolute Gasteiger partial charge is 0.391 e. The molecule has 3 heterocycles. The van der Waals surface area contributed by atoms with Gasteiger partial charge in [-0.2, -0.15) is 10.4 Å². The molecule has 9 nitrogen and oxygen atoms in total. The van der Waals surface area contributed by atoms with Crippen molar-refractivity contribution < 1.29 is 14.0 Å². The molecule has 1 aromatic carbocycles. The summed E-state index contributed by atoms with van der Waals surface area (Å²) in [5, 5.41) is 21.3. The van der Waals surface area contributed by atoms with Crippen molar-refractivity contribution in [3.05, 3.63) is 41.8 Å². The van der Waals surface area contributed by atoms with E-state index in [2.05, 4.69) is 26.5 Å². The number of rotatable bonds is 6. The molecule has 10 heteroatoms. The predicted octanol–water partition coefficient (Wildman–Crippen LogP) is 2.42. The molecular formula is C21H24FN7O2. The van der Waals surface area contributed by atoms with Crippen LogP contribution in [-0.4, -0.2) is 52.0 Å². The molecule has 0 aliphatic carbocycles. The highest BCUT2D eigenvalue weighted by atomic mass is 19.1. The standard InChI is InChI=1S/C21H24FN7O2/c1-13-8-17(31-27-13)11-28-7-6-19(14(9-23)10-28)29-12-18(20(24)30)21(26-29)25-16-4-2-15(22)3-5-16/h2-5,12,14,17,19H,6-8,10-11H2,1H3,(H2,24,30)(H,25,26)/t14-,17?,19-/m0/s1. The number of aromatic nitrogens is 2. The van der Waals surface area contributed by atoms with Gasteiger partial charge in [-0.3, -0.25) is 14.4 Å². The van der Waals surface area contributed by atoms with E-state index < -0.39 is 5.91 Å². The smallest absolute Gasteiger partial charge is 0.254 e.